The smallest absolute Gasteiger partial charge is 0.247 e. The van der Waals surface area contributed by atoms with Crippen molar-refractivity contribution in [1.29, 1.82) is 0 Å². The number of rotatable bonds is 4. The molecule has 0 aliphatic carbocycles. The first-order valence-electron chi connectivity index (χ1n) is 8.19. The summed E-state index contributed by atoms with van der Waals surface area (Å²) in [6, 6.07) is 13.0. The highest BCUT2D eigenvalue weighted by molar-refractivity contribution is 8.15. The lowest BCUT2D eigenvalue weighted by molar-refractivity contribution is -0.121. The molecule has 0 aromatic heterocycles. The molecule has 140 valence electrons. The molecule has 0 bridgehead atoms. The number of nitrogens with one attached hydrogen (secondary N) is 1. The van der Waals surface area contributed by atoms with Gasteiger partial charge in [-0.25, -0.2) is 9.29 Å². The minimum absolute atomic E-state index is 0.0128. The van der Waals surface area contributed by atoms with Gasteiger partial charge in [0.1, 0.15) is 16.8 Å². The molecule has 2 amide bonds. The zero-order chi connectivity index (χ0) is 19.4. The molecular weight excluding hydrogens is 369 g/mol. The highest BCUT2D eigenvalue weighted by atomic mass is 32.2. The van der Waals surface area contributed by atoms with Gasteiger partial charge in [0.15, 0.2) is 5.17 Å². The number of carbonyl (C=O) groups is 2. The van der Waals surface area contributed by atoms with Gasteiger partial charge in [0.2, 0.25) is 11.8 Å². The average molecular weight is 387 g/mol. The molecule has 0 saturated carbocycles. The predicted molar refractivity (Wildman–Crippen MR) is 105 cm³/mol. The van der Waals surface area contributed by atoms with Crippen LogP contribution in [0.5, 0.6) is 5.75 Å². The quantitative estimate of drug-likeness (QED) is 0.495. The summed E-state index contributed by atoms with van der Waals surface area (Å²) < 4.78 is 19.1. The second-order valence-electron chi connectivity index (χ2n) is 5.71. The number of hydrogen-bond acceptors (Lipinski definition) is 5. The molecular formula is C19H18FN3O3S. The van der Waals surface area contributed by atoms with E-state index >= 15 is 0 Å². The summed E-state index contributed by atoms with van der Waals surface area (Å²) in [6.07, 6.45) is -0.0128. The van der Waals surface area contributed by atoms with Crippen LogP contribution in [0.3, 0.4) is 0 Å². The standard InChI is InChI=1S/C19H18FN3O3S/c1-21-19(22-12-7-9-13(26-2)10-8-12)27-16-11-17(24)23(18(16)25)15-6-4-3-5-14(15)20/h3-10,16H,11H2,1-2H3,(H,21,22)/t16-/m1/s1. The number of halogens is 1. The number of hydrogen-bond donors (Lipinski definition) is 1. The van der Waals surface area contributed by atoms with E-state index in [0.29, 0.717) is 5.17 Å². The summed E-state index contributed by atoms with van der Waals surface area (Å²) in [5, 5.41) is 2.93. The lowest BCUT2D eigenvalue weighted by Gasteiger charge is -2.16. The van der Waals surface area contributed by atoms with Gasteiger partial charge in [-0.15, -0.1) is 0 Å². The molecule has 27 heavy (non-hydrogen) atoms. The number of amidine groups is 1. The maximum atomic E-state index is 14.0. The third-order valence-corrected chi connectivity index (χ3v) is 5.16. The Morgan fingerprint density at radius 2 is 1.93 bits per heavy atom. The Bertz CT molecular complexity index is 886. The van der Waals surface area contributed by atoms with Crippen molar-refractivity contribution in [2.24, 2.45) is 4.99 Å². The average Bonchev–Trinajstić information content (AvgIpc) is 2.95. The fourth-order valence-corrected chi connectivity index (χ4v) is 3.64. The molecule has 6 nitrogen and oxygen atoms in total. The third-order valence-electron chi connectivity index (χ3n) is 4.00. The van der Waals surface area contributed by atoms with E-state index in [-0.39, 0.29) is 12.1 Å². The first kappa shape index (κ1) is 18.9. The first-order valence-corrected chi connectivity index (χ1v) is 9.07. The fourth-order valence-electron chi connectivity index (χ4n) is 2.65. The van der Waals surface area contributed by atoms with E-state index in [2.05, 4.69) is 10.3 Å². The van der Waals surface area contributed by atoms with Gasteiger partial charge in [-0.05, 0) is 36.4 Å². The van der Waals surface area contributed by atoms with Gasteiger partial charge in [0.25, 0.3) is 0 Å². The van der Waals surface area contributed by atoms with Crippen molar-refractivity contribution in [3.63, 3.8) is 0 Å². The monoisotopic (exact) mass is 387 g/mol. The highest BCUT2D eigenvalue weighted by Crippen LogP contribution is 2.32. The van der Waals surface area contributed by atoms with E-state index < -0.39 is 22.9 Å². The van der Waals surface area contributed by atoms with E-state index in [9.17, 15) is 14.0 Å². The van der Waals surface area contributed by atoms with E-state index in [4.69, 9.17) is 4.74 Å². The number of imide groups is 1. The number of carbonyl (C=O) groups excluding carboxylic acids is 2. The van der Waals surface area contributed by atoms with Gasteiger partial charge in [-0.2, -0.15) is 0 Å². The lowest BCUT2D eigenvalue weighted by Crippen LogP contribution is -2.32. The molecule has 8 heteroatoms. The Balaban J connectivity index is 1.71. The summed E-state index contributed by atoms with van der Waals surface area (Å²) in [4.78, 5) is 30.0. The largest absolute Gasteiger partial charge is 0.497 e. The number of ether oxygens (including phenoxy) is 1. The molecule has 2 aromatic carbocycles. The number of thioether (sulfide) groups is 1. The van der Waals surface area contributed by atoms with Gasteiger partial charge in [0.05, 0.1) is 12.8 Å². The maximum Gasteiger partial charge on any atom is 0.247 e. The van der Waals surface area contributed by atoms with Crippen molar-refractivity contribution in [3.8, 4) is 5.75 Å². The summed E-state index contributed by atoms with van der Waals surface area (Å²) in [7, 11) is 3.18. The molecule has 1 N–H and O–H groups in total. The molecule has 1 fully saturated rings. The number of amides is 2. The Hall–Kier alpha value is -2.87. The minimum atomic E-state index is -0.665. The topological polar surface area (TPSA) is 71.0 Å². The number of para-hydroxylation sites is 1. The van der Waals surface area contributed by atoms with Gasteiger partial charge < -0.3 is 10.1 Å². The molecule has 1 saturated heterocycles. The van der Waals surface area contributed by atoms with Gasteiger partial charge in [-0.3, -0.25) is 14.6 Å². The van der Waals surface area contributed by atoms with Gasteiger partial charge in [-0.1, -0.05) is 23.9 Å². The van der Waals surface area contributed by atoms with Crippen molar-refractivity contribution >= 4 is 40.1 Å². The molecule has 1 aliphatic rings. The Labute approximate surface area is 160 Å². The van der Waals surface area contributed by atoms with Crippen molar-refractivity contribution < 1.29 is 18.7 Å². The molecule has 0 radical (unpaired) electrons. The molecule has 1 heterocycles. The number of methoxy groups -OCH3 is 1. The Morgan fingerprint density at radius 3 is 2.56 bits per heavy atom. The minimum Gasteiger partial charge on any atom is -0.497 e. The van der Waals surface area contributed by atoms with Crippen LogP contribution in [0.25, 0.3) is 0 Å². The van der Waals surface area contributed by atoms with Crippen molar-refractivity contribution in [1.82, 2.24) is 0 Å². The van der Waals surface area contributed by atoms with Crippen LogP contribution in [0, 0.1) is 5.82 Å². The number of benzene rings is 2. The van der Waals surface area contributed by atoms with E-state index in [1.807, 2.05) is 12.1 Å². The summed E-state index contributed by atoms with van der Waals surface area (Å²) in [6.45, 7) is 0. The summed E-state index contributed by atoms with van der Waals surface area (Å²) in [5.74, 6) is -0.763. The van der Waals surface area contributed by atoms with Crippen LogP contribution in [0.1, 0.15) is 6.42 Å². The Kier molecular flexibility index (Phi) is 5.75. The first-order chi connectivity index (χ1) is 13.0. The normalized spacial score (nSPS) is 17.4. The number of aliphatic imine (C=N–C) groups is 1. The number of nitrogens with zero attached hydrogens (tertiary/aromatic N) is 2. The van der Waals surface area contributed by atoms with Crippen LogP contribution in [-0.2, 0) is 9.59 Å². The molecule has 0 unspecified atom stereocenters. The molecule has 0 spiro atoms. The van der Waals surface area contributed by atoms with Crippen molar-refractivity contribution in [2.45, 2.75) is 11.7 Å². The van der Waals surface area contributed by atoms with Crippen molar-refractivity contribution in [3.05, 3.63) is 54.3 Å². The second-order valence-corrected chi connectivity index (χ2v) is 6.90. The van der Waals surface area contributed by atoms with E-state index in [0.717, 1.165) is 28.1 Å². The van der Waals surface area contributed by atoms with E-state index in [1.54, 1.807) is 32.4 Å². The van der Waals surface area contributed by atoms with Crippen LogP contribution in [0.2, 0.25) is 0 Å². The third kappa shape index (κ3) is 4.11. The fraction of sp³-hybridized carbons (Fsp3) is 0.211. The summed E-state index contributed by atoms with van der Waals surface area (Å²) >= 11 is 1.15. The summed E-state index contributed by atoms with van der Waals surface area (Å²) in [5.41, 5.74) is 0.750. The maximum absolute atomic E-state index is 14.0. The zero-order valence-corrected chi connectivity index (χ0v) is 15.6. The predicted octanol–water partition coefficient (Wildman–Crippen LogP) is 3.30. The van der Waals surface area contributed by atoms with Crippen LogP contribution >= 0.6 is 11.8 Å². The lowest BCUT2D eigenvalue weighted by atomic mass is 10.3. The van der Waals surface area contributed by atoms with Gasteiger partial charge >= 0.3 is 0 Å². The van der Waals surface area contributed by atoms with Crippen LogP contribution in [0.15, 0.2) is 53.5 Å². The van der Waals surface area contributed by atoms with Crippen LogP contribution in [-0.4, -0.2) is 36.4 Å². The molecule has 3 rings (SSSR count). The Morgan fingerprint density at radius 1 is 1.22 bits per heavy atom. The van der Waals surface area contributed by atoms with Crippen molar-refractivity contribution in [2.75, 3.05) is 24.4 Å². The zero-order valence-electron chi connectivity index (χ0n) is 14.8. The SMILES string of the molecule is CN=C(Nc1ccc(OC)cc1)S[C@@H]1CC(=O)N(c2ccccc2F)C1=O. The van der Waals surface area contributed by atoms with Crippen LogP contribution in [0.4, 0.5) is 15.8 Å². The number of anilines is 2. The second kappa shape index (κ2) is 8.22. The highest BCUT2D eigenvalue weighted by Gasteiger charge is 2.41. The molecule has 1 atom stereocenters. The molecule has 1 aliphatic heterocycles. The van der Waals surface area contributed by atoms with Gasteiger partial charge in [0, 0.05) is 19.2 Å². The molecule has 2 aromatic rings. The van der Waals surface area contributed by atoms with E-state index in [1.165, 1.54) is 18.2 Å². The van der Waals surface area contributed by atoms with Crippen LogP contribution < -0.4 is 15.0 Å².